The molecule has 6 N–H and O–H groups in total. The Kier molecular flexibility index (Phi) is 2.79. The maximum absolute atomic E-state index is 5.78. The van der Waals surface area contributed by atoms with Gasteiger partial charge < -0.3 is 16.5 Å². The second-order valence-electron chi connectivity index (χ2n) is 2.97. The molecule has 0 atom stereocenters. The number of rotatable bonds is 3. The van der Waals surface area contributed by atoms with Crippen molar-refractivity contribution in [2.24, 2.45) is 5.84 Å². The number of nitrogen functional groups attached to an aromatic ring is 2. The molecule has 2 aromatic heterocycles. The van der Waals surface area contributed by atoms with E-state index in [2.05, 4.69) is 25.7 Å². The number of pyridine rings is 1. The van der Waals surface area contributed by atoms with Gasteiger partial charge >= 0.3 is 0 Å². The van der Waals surface area contributed by atoms with Gasteiger partial charge in [-0.25, -0.2) is 20.8 Å². The fourth-order valence-corrected chi connectivity index (χ4v) is 1.17. The average Bonchev–Trinajstić information content (AvgIpc) is 2.33. The van der Waals surface area contributed by atoms with Crippen LogP contribution in [0, 0.1) is 0 Å². The first-order valence-electron chi connectivity index (χ1n) is 4.56. The summed E-state index contributed by atoms with van der Waals surface area (Å²) in [4.78, 5) is 12.0. The molecule has 82 valence electrons. The Morgan fingerprint density at radius 2 is 1.88 bits per heavy atom. The summed E-state index contributed by atoms with van der Waals surface area (Å²) in [6, 6.07) is 5.48. The molecule has 7 heteroatoms. The van der Waals surface area contributed by atoms with Gasteiger partial charge in [0.25, 0.3) is 0 Å². The van der Waals surface area contributed by atoms with E-state index in [0.29, 0.717) is 23.1 Å². The van der Waals surface area contributed by atoms with Gasteiger partial charge in [-0.2, -0.15) is 0 Å². The molecule has 0 aliphatic carbocycles. The SMILES string of the molecule is NNc1ncnc(Nc2ccccn2)c1N. The summed E-state index contributed by atoms with van der Waals surface area (Å²) in [6.07, 6.45) is 3.03. The van der Waals surface area contributed by atoms with Crippen LogP contribution in [0.15, 0.2) is 30.7 Å². The number of nitrogens with two attached hydrogens (primary N) is 2. The van der Waals surface area contributed by atoms with E-state index < -0.39 is 0 Å². The molecular weight excluding hydrogens is 206 g/mol. The van der Waals surface area contributed by atoms with Crippen LogP contribution < -0.4 is 22.3 Å². The van der Waals surface area contributed by atoms with Crippen molar-refractivity contribution < 1.29 is 0 Å². The largest absolute Gasteiger partial charge is 0.393 e. The number of hydrogen-bond acceptors (Lipinski definition) is 7. The lowest BCUT2D eigenvalue weighted by atomic mass is 10.4. The Bertz CT molecular complexity index is 471. The number of anilines is 4. The van der Waals surface area contributed by atoms with Gasteiger partial charge in [0.15, 0.2) is 11.6 Å². The third-order valence-electron chi connectivity index (χ3n) is 1.93. The van der Waals surface area contributed by atoms with Gasteiger partial charge in [0, 0.05) is 6.20 Å². The summed E-state index contributed by atoms with van der Waals surface area (Å²) >= 11 is 0. The molecule has 0 amide bonds. The highest BCUT2D eigenvalue weighted by atomic mass is 15.3. The molecule has 0 radical (unpaired) electrons. The highest BCUT2D eigenvalue weighted by Crippen LogP contribution is 2.23. The Hall–Kier alpha value is -2.41. The van der Waals surface area contributed by atoms with E-state index in [4.69, 9.17) is 11.6 Å². The summed E-state index contributed by atoms with van der Waals surface area (Å²) in [5.74, 6) is 6.73. The van der Waals surface area contributed by atoms with E-state index >= 15 is 0 Å². The van der Waals surface area contributed by atoms with Crippen LogP contribution in [0.3, 0.4) is 0 Å². The quantitative estimate of drug-likeness (QED) is 0.436. The van der Waals surface area contributed by atoms with E-state index in [-0.39, 0.29) is 0 Å². The smallest absolute Gasteiger partial charge is 0.168 e. The molecule has 0 fully saturated rings. The minimum Gasteiger partial charge on any atom is -0.393 e. The first-order chi connectivity index (χ1) is 7.81. The molecule has 2 heterocycles. The van der Waals surface area contributed by atoms with Crippen LogP contribution in [-0.2, 0) is 0 Å². The third kappa shape index (κ3) is 1.98. The lowest BCUT2D eigenvalue weighted by Gasteiger charge is -2.09. The molecule has 0 aliphatic heterocycles. The van der Waals surface area contributed by atoms with Gasteiger partial charge in [0.2, 0.25) is 0 Å². The molecule has 2 rings (SSSR count). The van der Waals surface area contributed by atoms with Crippen LogP contribution in [0.2, 0.25) is 0 Å². The minimum atomic E-state index is 0.343. The number of hydrazine groups is 1. The van der Waals surface area contributed by atoms with Crippen molar-refractivity contribution in [1.82, 2.24) is 15.0 Å². The lowest BCUT2D eigenvalue weighted by molar-refractivity contribution is 1.14. The molecule has 2 aromatic rings. The van der Waals surface area contributed by atoms with E-state index in [1.54, 1.807) is 12.3 Å². The first-order valence-corrected chi connectivity index (χ1v) is 4.56. The summed E-state index contributed by atoms with van der Waals surface area (Å²) in [5.41, 5.74) is 8.51. The number of aromatic nitrogens is 3. The van der Waals surface area contributed by atoms with Crippen molar-refractivity contribution in [2.45, 2.75) is 0 Å². The molecule has 0 bridgehead atoms. The second kappa shape index (κ2) is 4.41. The zero-order valence-corrected chi connectivity index (χ0v) is 8.38. The Morgan fingerprint density at radius 3 is 2.56 bits per heavy atom. The van der Waals surface area contributed by atoms with Crippen molar-refractivity contribution in [3.05, 3.63) is 30.7 Å². The zero-order chi connectivity index (χ0) is 11.4. The lowest BCUT2D eigenvalue weighted by Crippen LogP contribution is -2.12. The van der Waals surface area contributed by atoms with Crippen LogP contribution in [0.4, 0.5) is 23.1 Å². The van der Waals surface area contributed by atoms with Gasteiger partial charge in [-0.3, -0.25) is 0 Å². The molecule has 0 saturated carbocycles. The molecule has 0 aromatic carbocycles. The summed E-state index contributed by atoms with van der Waals surface area (Å²) in [7, 11) is 0. The van der Waals surface area contributed by atoms with Gasteiger partial charge in [0.05, 0.1) is 0 Å². The average molecular weight is 217 g/mol. The Balaban J connectivity index is 2.28. The molecule has 0 saturated heterocycles. The predicted octanol–water partition coefficient (Wildman–Crippen LogP) is 0.483. The monoisotopic (exact) mass is 217 g/mol. The summed E-state index contributed by atoms with van der Waals surface area (Å²) < 4.78 is 0. The fraction of sp³-hybridized carbons (Fsp3) is 0. The number of hydrogen-bond donors (Lipinski definition) is 4. The number of nitrogens with zero attached hydrogens (tertiary/aromatic N) is 3. The molecule has 0 unspecified atom stereocenters. The van der Waals surface area contributed by atoms with Crippen LogP contribution in [0.25, 0.3) is 0 Å². The van der Waals surface area contributed by atoms with Gasteiger partial charge in [-0.05, 0) is 12.1 Å². The first kappa shape index (κ1) is 10.1. The normalized spacial score (nSPS) is 9.81. The molecular formula is C9H11N7. The van der Waals surface area contributed by atoms with Crippen molar-refractivity contribution in [3.8, 4) is 0 Å². The van der Waals surface area contributed by atoms with E-state index in [1.807, 2.05) is 12.1 Å². The van der Waals surface area contributed by atoms with Gasteiger partial charge in [0.1, 0.15) is 17.8 Å². The van der Waals surface area contributed by atoms with Crippen molar-refractivity contribution in [3.63, 3.8) is 0 Å². The zero-order valence-electron chi connectivity index (χ0n) is 8.38. The van der Waals surface area contributed by atoms with Crippen molar-refractivity contribution in [2.75, 3.05) is 16.5 Å². The molecule has 0 spiro atoms. The topological polar surface area (TPSA) is 115 Å². The summed E-state index contributed by atoms with van der Waals surface area (Å²) in [5, 5.41) is 2.96. The highest BCUT2D eigenvalue weighted by Gasteiger charge is 2.06. The van der Waals surface area contributed by atoms with E-state index in [1.165, 1.54) is 6.33 Å². The minimum absolute atomic E-state index is 0.343. The number of nitrogens with one attached hydrogen (secondary N) is 2. The predicted molar refractivity (Wildman–Crippen MR) is 61.8 cm³/mol. The van der Waals surface area contributed by atoms with Gasteiger partial charge in [-0.15, -0.1) is 0 Å². The molecule has 7 nitrogen and oxygen atoms in total. The third-order valence-corrected chi connectivity index (χ3v) is 1.93. The Labute approximate surface area is 91.9 Å². The maximum Gasteiger partial charge on any atom is 0.168 e. The summed E-state index contributed by atoms with van der Waals surface area (Å²) in [6.45, 7) is 0. The van der Waals surface area contributed by atoms with E-state index in [0.717, 1.165) is 0 Å². The standard InChI is InChI=1S/C9H11N7/c10-7-8(13-5-14-9(7)16-11)15-6-3-1-2-4-12-6/h1-5H,10-11H2,(H2,12,13,14,15,16). The maximum atomic E-state index is 5.78. The van der Waals surface area contributed by atoms with Crippen molar-refractivity contribution >= 4 is 23.1 Å². The van der Waals surface area contributed by atoms with Crippen molar-refractivity contribution in [1.29, 1.82) is 0 Å². The van der Waals surface area contributed by atoms with Crippen LogP contribution in [0.5, 0.6) is 0 Å². The van der Waals surface area contributed by atoms with Crippen LogP contribution in [0.1, 0.15) is 0 Å². The highest BCUT2D eigenvalue weighted by molar-refractivity contribution is 5.76. The van der Waals surface area contributed by atoms with Crippen LogP contribution >= 0.6 is 0 Å². The second-order valence-corrected chi connectivity index (χ2v) is 2.97. The molecule has 0 aliphatic rings. The fourth-order valence-electron chi connectivity index (χ4n) is 1.17. The van der Waals surface area contributed by atoms with E-state index in [9.17, 15) is 0 Å². The van der Waals surface area contributed by atoms with Crippen LogP contribution in [-0.4, -0.2) is 15.0 Å². The molecule has 16 heavy (non-hydrogen) atoms. The Morgan fingerprint density at radius 1 is 1.06 bits per heavy atom. The van der Waals surface area contributed by atoms with Gasteiger partial charge in [-0.1, -0.05) is 6.07 Å².